The standard InChI is InChI=1S/C12H17ClN2O2.ClH/c1-14-7-3-4-12(16)15-9-5-6-11(17-2)10(13)8-9;/h5-6,8,14H,3-4,7H2,1-2H3,(H,15,16);1H. The number of methoxy groups -OCH3 is 1. The molecule has 1 aromatic carbocycles. The number of carbonyl (C=O) groups excluding carboxylic acids is 1. The van der Waals surface area contributed by atoms with Gasteiger partial charge in [0.15, 0.2) is 0 Å². The largest absolute Gasteiger partial charge is 0.495 e. The Morgan fingerprint density at radius 2 is 2.17 bits per heavy atom. The van der Waals surface area contributed by atoms with Crippen molar-refractivity contribution in [2.45, 2.75) is 12.8 Å². The van der Waals surface area contributed by atoms with Crippen LogP contribution in [0.15, 0.2) is 18.2 Å². The normalized spacial score (nSPS) is 9.50. The van der Waals surface area contributed by atoms with Gasteiger partial charge < -0.3 is 15.4 Å². The molecule has 0 aliphatic carbocycles. The van der Waals surface area contributed by atoms with Gasteiger partial charge in [0.05, 0.1) is 12.1 Å². The molecule has 0 saturated carbocycles. The van der Waals surface area contributed by atoms with Gasteiger partial charge in [0, 0.05) is 12.1 Å². The maximum atomic E-state index is 11.5. The molecule has 0 aromatic heterocycles. The maximum absolute atomic E-state index is 11.5. The molecule has 0 heterocycles. The van der Waals surface area contributed by atoms with E-state index < -0.39 is 0 Å². The van der Waals surface area contributed by atoms with Crippen LogP contribution in [0.5, 0.6) is 5.75 Å². The second-order valence-corrected chi connectivity index (χ2v) is 4.01. The van der Waals surface area contributed by atoms with Crippen LogP contribution in [0.4, 0.5) is 5.69 Å². The summed E-state index contributed by atoms with van der Waals surface area (Å²) in [4.78, 5) is 11.5. The molecular formula is C12H18Cl2N2O2. The van der Waals surface area contributed by atoms with Crippen molar-refractivity contribution < 1.29 is 9.53 Å². The zero-order valence-electron chi connectivity index (χ0n) is 10.5. The highest BCUT2D eigenvalue weighted by Gasteiger charge is 2.05. The fraction of sp³-hybridized carbons (Fsp3) is 0.417. The van der Waals surface area contributed by atoms with Gasteiger partial charge in [-0.05, 0) is 38.2 Å². The van der Waals surface area contributed by atoms with E-state index in [1.807, 2.05) is 7.05 Å². The van der Waals surface area contributed by atoms with Crippen LogP contribution in [-0.4, -0.2) is 26.6 Å². The third-order valence-corrected chi connectivity index (χ3v) is 2.56. The fourth-order valence-corrected chi connectivity index (χ4v) is 1.65. The Bertz CT molecular complexity index is 386. The molecule has 0 spiro atoms. The third kappa shape index (κ3) is 5.58. The van der Waals surface area contributed by atoms with Crippen LogP contribution in [0.3, 0.4) is 0 Å². The summed E-state index contributed by atoms with van der Waals surface area (Å²) >= 11 is 5.95. The Labute approximate surface area is 118 Å². The molecule has 0 unspecified atom stereocenters. The van der Waals surface area contributed by atoms with Crippen LogP contribution in [0, 0.1) is 0 Å². The first kappa shape index (κ1) is 17.0. The van der Waals surface area contributed by atoms with E-state index in [9.17, 15) is 4.79 Å². The van der Waals surface area contributed by atoms with Gasteiger partial charge >= 0.3 is 0 Å². The average Bonchev–Trinajstić information content (AvgIpc) is 2.29. The lowest BCUT2D eigenvalue weighted by atomic mass is 10.2. The number of amides is 1. The average molecular weight is 293 g/mol. The fourth-order valence-electron chi connectivity index (χ4n) is 1.39. The van der Waals surface area contributed by atoms with Gasteiger partial charge in [0.1, 0.15) is 5.75 Å². The van der Waals surface area contributed by atoms with E-state index in [1.165, 1.54) is 0 Å². The SMILES string of the molecule is CNCCCC(=O)Nc1ccc(OC)c(Cl)c1.Cl. The molecule has 102 valence electrons. The number of carbonyl (C=O) groups is 1. The van der Waals surface area contributed by atoms with E-state index in [-0.39, 0.29) is 18.3 Å². The van der Waals surface area contributed by atoms with Gasteiger partial charge in [-0.1, -0.05) is 11.6 Å². The Kier molecular flexibility index (Phi) is 8.54. The number of rotatable bonds is 6. The molecule has 2 N–H and O–H groups in total. The summed E-state index contributed by atoms with van der Waals surface area (Å²) in [6.07, 6.45) is 1.30. The first-order valence-electron chi connectivity index (χ1n) is 5.45. The summed E-state index contributed by atoms with van der Waals surface area (Å²) in [5.74, 6) is 0.585. The molecule has 1 amide bonds. The van der Waals surface area contributed by atoms with Gasteiger partial charge in [-0.2, -0.15) is 0 Å². The van der Waals surface area contributed by atoms with Crippen molar-refractivity contribution >= 4 is 35.6 Å². The van der Waals surface area contributed by atoms with E-state index in [0.29, 0.717) is 22.9 Å². The van der Waals surface area contributed by atoms with Crippen LogP contribution < -0.4 is 15.4 Å². The molecule has 0 atom stereocenters. The second-order valence-electron chi connectivity index (χ2n) is 3.60. The Hall–Kier alpha value is -0.970. The maximum Gasteiger partial charge on any atom is 0.224 e. The lowest BCUT2D eigenvalue weighted by molar-refractivity contribution is -0.116. The second kappa shape index (κ2) is 9.03. The summed E-state index contributed by atoms with van der Waals surface area (Å²) in [5, 5.41) is 6.27. The van der Waals surface area contributed by atoms with Crippen molar-refractivity contribution in [2.24, 2.45) is 0 Å². The van der Waals surface area contributed by atoms with Gasteiger partial charge in [-0.3, -0.25) is 4.79 Å². The van der Waals surface area contributed by atoms with E-state index >= 15 is 0 Å². The first-order valence-corrected chi connectivity index (χ1v) is 5.83. The molecule has 1 aromatic rings. The number of benzene rings is 1. The topological polar surface area (TPSA) is 50.4 Å². The number of halogens is 2. The zero-order chi connectivity index (χ0) is 12.7. The zero-order valence-corrected chi connectivity index (χ0v) is 12.0. The molecule has 4 nitrogen and oxygen atoms in total. The summed E-state index contributed by atoms with van der Waals surface area (Å²) in [6, 6.07) is 5.17. The van der Waals surface area contributed by atoms with E-state index in [1.54, 1.807) is 25.3 Å². The lowest BCUT2D eigenvalue weighted by Crippen LogP contribution is -2.15. The predicted molar refractivity (Wildman–Crippen MR) is 77.0 cm³/mol. The number of hydrogen-bond donors (Lipinski definition) is 2. The first-order chi connectivity index (χ1) is 8.17. The molecule has 1 rings (SSSR count). The van der Waals surface area contributed by atoms with Crippen molar-refractivity contribution in [3.63, 3.8) is 0 Å². The molecule has 0 aliphatic rings. The van der Waals surface area contributed by atoms with Crippen molar-refractivity contribution in [3.8, 4) is 5.75 Å². The molecule has 0 bridgehead atoms. The quantitative estimate of drug-likeness (QED) is 0.793. The molecule has 0 aliphatic heterocycles. The van der Waals surface area contributed by atoms with Gasteiger partial charge in [-0.25, -0.2) is 0 Å². The number of nitrogens with one attached hydrogen (secondary N) is 2. The highest BCUT2D eigenvalue weighted by atomic mass is 35.5. The van der Waals surface area contributed by atoms with Crippen molar-refractivity contribution in [3.05, 3.63) is 23.2 Å². The Morgan fingerprint density at radius 3 is 2.72 bits per heavy atom. The smallest absolute Gasteiger partial charge is 0.224 e. The minimum atomic E-state index is -0.0125. The Balaban J connectivity index is 0.00000289. The minimum absolute atomic E-state index is 0. The van der Waals surface area contributed by atoms with Crippen molar-refractivity contribution in [2.75, 3.05) is 26.0 Å². The van der Waals surface area contributed by atoms with Gasteiger partial charge in [0.2, 0.25) is 5.91 Å². The lowest BCUT2D eigenvalue weighted by Gasteiger charge is -2.07. The van der Waals surface area contributed by atoms with Crippen LogP contribution in [-0.2, 0) is 4.79 Å². The molecular weight excluding hydrogens is 275 g/mol. The van der Waals surface area contributed by atoms with Crippen molar-refractivity contribution in [1.82, 2.24) is 5.32 Å². The van der Waals surface area contributed by atoms with Crippen molar-refractivity contribution in [1.29, 1.82) is 0 Å². The van der Waals surface area contributed by atoms with E-state index in [4.69, 9.17) is 16.3 Å². The third-order valence-electron chi connectivity index (χ3n) is 2.27. The number of anilines is 1. The number of hydrogen-bond acceptors (Lipinski definition) is 3. The summed E-state index contributed by atoms with van der Waals surface area (Å²) < 4.78 is 5.03. The summed E-state index contributed by atoms with van der Waals surface area (Å²) in [7, 11) is 3.42. The Morgan fingerprint density at radius 1 is 1.44 bits per heavy atom. The van der Waals surface area contributed by atoms with Crippen LogP contribution in [0.25, 0.3) is 0 Å². The van der Waals surface area contributed by atoms with Crippen LogP contribution in [0.1, 0.15) is 12.8 Å². The molecule has 18 heavy (non-hydrogen) atoms. The molecule has 0 saturated heterocycles. The predicted octanol–water partition coefficient (Wildman–Crippen LogP) is 2.71. The van der Waals surface area contributed by atoms with Crippen LogP contribution >= 0.6 is 24.0 Å². The molecule has 0 fully saturated rings. The highest BCUT2D eigenvalue weighted by Crippen LogP contribution is 2.27. The highest BCUT2D eigenvalue weighted by molar-refractivity contribution is 6.32. The van der Waals surface area contributed by atoms with Crippen LogP contribution in [0.2, 0.25) is 5.02 Å². The monoisotopic (exact) mass is 292 g/mol. The summed E-state index contributed by atoms with van der Waals surface area (Å²) in [6.45, 7) is 0.830. The van der Waals surface area contributed by atoms with E-state index in [2.05, 4.69) is 10.6 Å². The van der Waals surface area contributed by atoms with E-state index in [0.717, 1.165) is 13.0 Å². The molecule has 0 radical (unpaired) electrons. The molecule has 6 heteroatoms. The summed E-state index contributed by atoms with van der Waals surface area (Å²) in [5.41, 5.74) is 0.685. The van der Waals surface area contributed by atoms with Gasteiger partial charge in [-0.15, -0.1) is 12.4 Å². The number of ether oxygens (including phenoxy) is 1. The van der Waals surface area contributed by atoms with Gasteiger partial charge in [0.25, 0.3) is 0 Å². The minimum Gasteiger partial charge on any atom is -0.495 e.